The van der Waals surface area contributed by atoms with Crippen molar-refractivity contribution in [2.45, 2.75) is 26.2 Å². The van der Waals surface area contributed by atoms with E-state index in [1.54, 1.807) is 5.48 Å². The quantitative estimate of drug-likeness (QED) is 0.588. The van der Waals surface area contributed by atoms with Crippen LogP contribution < -0.4 is 5.48 Å². The van der Waals surface area contributed by atoms with Crippen molar-refractivity contribution in [3.63, 3.8) is 0 Å². The summed E-state index contributed by atoms with van der Waals surface area (Å²) in [5, 5.41) is 8.71. The fourth-order valence-corrected chi connectivity index (χ4v) is 1.70. The second kappa shape index (κ2) is 5.51. The van der Waals surface area contributed by atoms with Gasteiger partial charge in [-0.15, -0.1) is 0 Å². The monoisotopic (exact) mass is 207 g/mol. The molecule has 2 N–H and O–H groups in total. The normalized spacial score (nSPS) is 14.3. The van der Waals surface area contributed by atoms with Crippen LogP contribution in [0.15, 0.2) is 30.3 Å². The first-order valence-corrected chi connectivity index (χ1v) is 5.19. The smallest absolute Gasteiger partial charge is 0.251 e. The predicted octanol–water partition coefficient (Wildman–Crippen LogP) is 2.32. The summed E-state index contributed by atoms with van der Waals surface area (Å²) in [4.78, 5) is 11.6. The van der Waals surface area contributed by atoms with Gasteiger partial charge in [0.1, 0.15) is 0 Å². The highest BCUT2D eigenvalue weighted by Crippen LogP contribution is 2.26. The molecule has 2 unspecified atom stereocenters. The summed E-state index contributed by atoms with van der Waals surface area (Å²) < 4.78 is 0. The minimum atomic E-state index is -0.337. The Bertz CT molecular complexity index is 311. The first kappa shape index (κ1) is 11.7. The van der Waals surface area contributed by atoms with Crippen LogP contribution in [-0.4, -0.2) is 11.1 Å². The van der Waals surface area contributed by atoms with Crippen molar-refractivity contribution in [3.8, 4) is 0 Å². The molecule has 0 saturated carbocycles. The molecule has 0 fully saturated rings. The molecule has 0 saturated heterocycles. The second-order valence-electron chi connectivity index (χ2n) is 3.75. The minimum absolute atomic E-state index is 0.208. The Balaban J connectivity index is 2.96. The highest BCUT2D eigenvalue weighted by atomic mass is 16.5. The average Bonchev–Trinajstić information content (AvgIpc) is 2.30. The van der Waals surface area contributed by atoms with Crippen LogP contribution in [0.2, 0.25) is 0 Å². The molecule has 2 atom stereocenters. The Hall–Kier alpha value is -1.35. The third-order valence-electron chi connectivity index (χ3n) is 2.76. The Morgan fingerprint density at radius 3 is 2.47 bits per heavy atom. The van der Waals surface area contributed by atoms with Gasteiger partial charge in [-0.1, -0.05) is 50.6 Å². The Morgan fingerprint density at radius 2 is 2.00 bits per heavy atom. The summed E-state index contributed by atoms with van der Waals surface area (Å²) in [5.74, 6) is -0.406. The molecule has 0 bridgehead atoms. The van der Waals surface area contributed by atoms with E-state index in [9.17, 15) is 4.79 Å². The van der Waals surface area contributed by atoms with E-state index in [-0.39, 0.29) is 17.7 Å². The van der Waals surface area contributed by atoms with E-state index in [0.29, 0.717) is 0 Å². The van der Waals surface area contributed by atoms with Crippen LogP contribution in [-0.2, 0) is 4.79 Å². The number of carbonyl (C=O) groups excluding carboxylic acids is 1. The largest absolute Gasteiger partial charge is 0.289 e. The SMILES string of the molecule is CCC(C)C(C(=O)NO)c1ccccc1. The Morgan fingerprint density at radius 1 is 1.40 bits per heavy atom. The van der Waals surface area contributed by atoms with Gasteiger partial charge in [-0.25, -0.2) is 5.48 Å². The van der Waals surface area contributed by atoms with Crippen LogP contribution in [0, 0.1) is 5.92 Å². The van der Waals surface area contributed by atoms with Crippen molar-refractivity contribution in [1.29, 1.82) is 0 Å². The zero-order chi connectivity index (χ0) is 11.3. The fourth-order valence-electron chi connectivity index (χ4n) is 1.70. The van der Waals surface area contributed by atoms with E-state index < -0.39 is 0 Å². The van der Waals surface area contributed by atoms with Gasteiger partial charge in [0.25, 0.3) is 5.91 Å². The van der Waals surface area contributed by atoms with Gasteiger partial charge in [-0.2, -0.15) is 0 Å². The lowest BCUT2D eigenvalue weighted by atomic mass is 9.85. The second-order valence-corrected chi connectivity index (χ2v) is 3.75. The van der Waals surface area contributed by atoms with E-state index in [4.69, 9.17) is 5.21 Å². The molecular formula is C12H17NO2. The summed E-state index contributed by atoms with van der Waals surface area (Å²) in [6, 6.07) is 9.52. The highest BCUT2D eigenvalue weighted by molar-refractivity contribution is 5.82. The van der Waals surface area contributed by atoms with Crippen LogP contribution in [0.4, 0.5) is 0 Å². The number of benzene rings is 1. The van der Waals surface area contributed by atoms with Crippen LogP contribution in [0.25, 0.3) is 0 Å². The number of amides is 1. The molecule has 0 aliphatic carbocycles. The first-order chi connectivity index (χ1) is 7.20. The van der Waals surface area contributed by atoms with Crippen LogP contribution in [0.3, 0.4) is 0 Å². The van der Waals surface area contributed by atoms with Crippen LogP contribution in [0.5, 0.6) is 0 Å². The molecule has 0 heterocycles. The molecule has 1 rings (SSSR count). The molecule has 1 amide bonds. The van der Waals surface area contributed by atoms with Gasteiger partial charge in [-0.3, -0.25) is 10.0 Å². The molecule has 0 radical (unpaired) electrons. The number of hydroxylamine groups is 1. The van der Waals surface area contributed by atoms with Crippen molar-refractivity contribution in [2.75, 3.05) is 0 Å². The molecule has 15 heavy (non-hydrogen) atoms. The number of hydrogen-bond acceptors (Lipinski definition) is 2. The van der Waals surface area contributed by atoms with Gasteiger partial charge in [0.15, 0.2) is 0 Å². The lowest BCUT2D eigenvalue weighted by molar-refractivity contribution is -0.131. The highest BCUT2D eigenvalue weighted by Gasteiger charge is 2.25. The maximum Gasteiger partial charge on any atom is 0.251 e. The predicted molar refractivity (Wildman–Crippen MR) is 58.6 cm³/mol. The van der Waals surface area contributed by atoms with Gasteiger partial charge in [0.05, 0.1) is 5.92 Å². The first-order valence-electron chi connectivity index (χ1n) is 5.19. The van der Waals surface area contributed by atoms with Gasteiger partial charge < -0.3 is 0 Å². The van der Waals surface area contributed by atoms with Crippen molar-refractivity contribution in [1.82, 2.24) is 5.48 Å². The third kappa shape index (κ3) is 2.80. The molecule has 82 valence electrons. The van der Waals surface area contributed by atoms with E-state index in [1.165, 1.54) is 0 Å². The lowest BCUT2D eigenvalue weighted by Crippen LogP contribution is -2.30. The summed E-state index contributed by atoms with van der Waals surface area (Å²) in [5.41, 5.74) is 2.68. The van der Waals surface area contributed by atoms with Crippen molar-refractivity contribution in [2.24, 2.45) is 5.92 Å². The molecule has 1 aromatic carbocycles. The fraction of sp³-hybridized carbons (Fsp3) is 0.417. The summed E-state index contributed by atoms with van der Waals surface area (Å²) in [6.07, 6.45) is 0.896. The van der Waals surface area contributed by atoms with Gasteiger partial charge in [0.2, 0.25) is 0 Å². The average molecular weight is 207 g/mol. The molecule has 0 aromatic heterocycles. The summed E-state index contributed by atoms with van der Waals surface area (Å²) in [6.45, 7) is 4.04. The van der Waals surface area contributed by atoms with Crippen molar-refractivity contribution < 1.29 is 10.0 Å². The number of carbonyl (C=O) groups is 1. The molecule has 3 heteroatoms. The van der Waals surface area contributed by atoms with Gasteiger partial charge in [-0.05, 0) is 11.5 Å². The zero-order valence-corrected chi connectivity index (χ0v) is 9.10. The third-order valence-corrected chi connectivity index (χ3v) is 2.76. The van der Waals surface area contributed by atoms with Gasteiger partial charge in [0, 0.05) is 0 Å². The standard InChI is InChI=1S/C12H17NO2/c1-3-9(2)11(12(14)13-15)10-7-5-4-6-8-10/h4-9,11,15H,3H2,1-2H3,(H,13,14). The lowest BCUT2D eigenvalue weighted by Gasteiger charge is -2.21. The summed E-state index contributed by atoms with van der Waals surface area (Å²) >= 11 is 0. The van der Waals surface area contributed by atoms with Crippen molar-refractivity contribution >= 4 is 5.91 Å². The maximum atomic E-state index is 11.6. The molecule has 0 aliphatic heterocycles. The van der Waals surface area contributed by atoms with Crippen LogP contribution >= 0.6 is 0 Å². The zero-order valence-electron chi connectivity index (χ0n) is 9.10. The Kier molecular flexibility index (Phi) is 4.31. The molecule has 0 spiro atoms. The number of nitrogens with one attached hydrogen (secondary N) is 1. The molecule has 0 aliphatic rings. The minimum Gasteiger partial charge on any atom is -0.289 e. The van der Waals surface area contributed by atoms with Crippen LogP contribution in [0.1, 0.15) is 31.7 Å². The number of rotatable bonds is 4. The van der Waals surface area contributed by atoms with Gasteiger partial charge >= 0.3 is 0 Å². The molecule has 3 nitrogen and oxygen atoms in total. The van der Waals surface area contributed by atoms with E-state index in [2.05, 4.69) is 0 Å². The van der Waals surface area contributed by atoms with E-state index in [1.807, 2.05) is 44.2 Å². The number of hydrogen-bond donors (Lipinski definition) is 2. The van der Waals surface area contributed by atoms with E-state index in [0.717, 1.165) is 12.0 Å². The maximum absolute atomic E-state index is 11.6. The summed E-state index contributed by atoms with van der Waals surface area (Å²) in [7, 11) is 0. The topological polar surface area (TPSA) is 49.3 Å². The molecular weight excluding hydrogens is 190 g/mol. The van der Waals surface area contributed by atoms with E-state index >= 15 is 0 Å². The molecule has 1 aromatic rings. The van der Waals surface area contributed by atoms with Crippen molar-refractivity contribution in [3.05, 3.63) is 35.9 Å². The Labute approximate surface area is 90.1 Å².